The van der Waals surface area contributed by atoms with Crippen LogP contribution in [0.1, 0.15) is 42.8 Å². The van der Waals surface area contributed by atoms with Crippen LogP contribution in [0.4, 0.5) is 0 Å². The number of aromatic nitrogens is 1. The zero-order valence-corrected chi connectivity index (χ0v) is 12.4. The number of carbonyl (C=O) groups is 1. The molecule has 1 fully saturated rings. The monoisotopic (exact) mass is 281 g/mol. The second kappa shape index (κ2) is 7.60. The highest BCUT2D eigenvalue weighted by Gasteiger charge is 2.15. The van der Waals surface area contributed by atoms with Crippen LogP contribution in [-0.4, -0.2) is 30.0 Å². The predicted octanol–water partition coefficient (Wildman–Crippen LogP) is 2.03. The number of rotatable bonds is 6. The second-order valence-electron chi connectivity index (χ2n) is 5.19. The molecule has 0 bridgehead atoms. The van der Waals surface area contributed by atoms with Gasteiger partial charge in [0.15, 0.2) is 0 Å². The minimum atomic E-state index is 0.126. The van der Waals surface area contributed by atoms with Gasteiger partial charge >= 0.3 is 0 Å². The largest absolute Gasteiger partial charge is 0.352 e. The Morgan fingerprint density at radius 2 is 2.21 bits per heavy atom. The fourth-order valence-electron chi connectivity index (χ4n) is 2.47. The van der Waals surface area contributed by atoms with Gasteiger partial charge in [-0.1, -0.05) is 19.3 Å². The average molecular weight is 281 g/mol. The Kier molecular flexibility index (Phi) is 5.79. The molecule has 0 unspecified atom stereocenters. The van der Waals surface area contributed by atoms with Gasteiger partial charge in [0.25, 0.3) is 0 Å². The van der Waals surface area contributed by atoms with Gasteiger partial charge in [-0.25, -0.2) is 4.98 Å². The summed E-state index contributed by atoms with van der Waals surface area (Å²) in [6.07, 6.45) is 7.00. The molecule has 0 aliphatic heterocycles. The fourth-order valence-corrected chi connectivity index (χ4v) is 3.11. The molecule has 2 rings (SSSR count). The first-order valence-corrected chi connectivity index (χ1v) is 8.03. The first-order chi connectivity index (χ1) is 9.24. The number of nitrogens with zero attached hydrogens (tertiary/aromatic N) is 1. The molecule has 1 aromatic rings. The van der Waals surface area contributed by atoms with Crippen molar-refractivity contribution >= 4 is 17.2 Å². The van der Waals surface area contributed by atoms with Crippen LogP contribution in [0.2, 0.25) is 0 Å². The van der Waals surface area contributed by atoms with Gasteiger partial charge in [0.1, 0.15) is 0 Å². The number of carbonyl (C=O) groups excluding carboxylic acids is 1. The van der Waals surface area contributed by atoms with Crippen LogP contribution in [0, 0.1) is 6.92 Å². The second-order valence-corrected chi connectivity index (χ2v) is 6.25. The summed E-state index contributed by atoms with van der Waals surface area (Å²) in [6, 6.07) is 0.407. The van der Waals surface area contributed by atoms with Gasteiger partial charge in [0.2, 0.25) is 5.91 Å². The van der Waals surface area contributed by atoms with E-state index < -0.39 is 0 Å². The lowest BCUT2D eigenvalue weighted by Gasteiger charge is -2.22. The van der Waals surface area contributed by atoms with E-state index in [0.29, 0.717) is 12.6 Å². The molecule has 0 saturated heterocycles. The lowest BCUT2D eigenvalue weighted by molar-refractivity contribution is -0.121. The molecule has 0 aromatic carbocycles. The Hall–Kier alpha value is -0.940. The van der Waals surface area contributed by atoms with Crippen molar-refractivity contribution in [2.75, 3.05) is 13.1 Å². The fraction of sp³-hybridized carbons (Fsp3) is 0.714. The van der Waals surface area contributed by atoms with E-state index in [1.54, 1.807) is 11.3 Å². The summed E-state index contributed by atoms with van der Waals surface area (Å²) in [5.41, 5.74) is 1.11. The van der Waals surface area contributed by atoms with Crippen molar-refractivity contribution in [3.63, 3.8) is 0 Å². The Labute approximate surface area is 119 Å². The van der Waals surface area contributed by atoms with Gasteiger partial charge in [-0.3, -0.25) is 4.79 Å². The van der Waals surface area contributed by atoms with Gasteiger partial charge in [0.05, 0.1) is 17.2 Å². The maximum atomic E-state index is 11.7. The third-order valence-corrected chi connectivity index (χ3v) is 4.30. The molecule has 1 aliphatic rings. The highest BCUT2D eigenvalue weighted by molar-refractivity contribution is 7.09. The van der Waals surface area contributed by atoms with Gasteiger partial charge in [0, 0.05) is 24.4 Å². The molecule has 1 saturated carbocycles. The molecule has 19 heavy (non-hydrogen) atoms. The molecule has 0 atom stereocenters. The SMILES string of the molecule is Cc1nc(CCNCC(=O)NC2CCCCC2)cs1. The quantitative estimate of drug-likeness (QED) is 0.785. The topological polar surface area (TPSA) is 54.0 Å². The smallest absolute Gasteiger partial charge is 0.234 e. The summed E-state index contributed by atoms with van der Waals surface area (Å²) in [5, 5.41) is 9.48. The van der Waals surface area contributed by atoms with Crippen molar-refractivity contribution in [3.8, 4) is 0 Å². The van der Waals surface area contributed by atoms with Gasteiger partial charge < -0.3 is 10.6 Å². The van der Waals surface area contributed by atoms with Crippen molar-refractivity contribution < 1.29 is 4.79 Å². The highest BCUT2D eigenvalue weighted by atomic mass is 32.1. The Bertz CT molecular complexity index is 399. The molecule has 0 spiro atoms. The van der Waals surface area contributed by atoms with Crippen LogP contribution in [-0.2, 0) is 11.2 Å². The average Bonchev–Trinajstić information content (AvgIpc) is 2.82. The molecule has 1 amide bonds. The van der Waals surface area contributed by atoms with Crippen molar-refractivity contribution in [1.82, 2.24) is 15.6 Å². The molecule has 2 N–H and O–H groups in total. The molecule has 106 valence electrons. The van der Waals surface area contributed by atoms with E-state index in [-0.39, 0.29) is 5.91 Å². The van der Waals surface area contributed by atoms with E-state index in [2.05, 4.69) is 21.0 Å². The molecule has 1 heterocycles. The molecule has 4 nitrogen and oxygen atoms in total. The third-order valence-electron chi connectivity index (χ3n) is 3.48. The van der Waals surface area contributed by atoms with Crippen molar-refractivity contribution in [2.24, 2.45) is 0 Å². The summed E-state index contributed by atoms with van der Waals surface area (Å²) in [7, 11) is 0. The van der Waals surface area contributed by atoms with E-state index in [1.807, 2.05) is 6.92 Å². The van der Waals surface area contributed by atoms with Crippen LogP contribution >= 0.6 is 11.3 Å². The van der Waals surface area contributed by atoms with E-state index >= 15 is 0 Å². The van der Waals surface area contributed by atoms with Gasteiger partial charge in [-0.2, -0.15) is 0 Å². The first kappa shape index (κ1) is 14.5. The minimum Gasteiger partial charge on any atom is -0.352 e. The van der Waals surface area contributed by atoms with E-state index in [4.69, 9.17) is 0 Å². The van der Waals surface area contributed by atoms with Crippen molar-refractivity contribution in [3.05, 3.63) is 16.1 Å². The number of thiazole rings is 1. The zero-order chi connectivity index (χ0) is 13.5. The summed E-state index contributed by atoms with van der Waals surface area (Å²) >= 11 is 1.67. The number of hydrogen-bond acceptors (Lipinski definition) is 4. The summed E-state index contributed by atoms with van der Waals surface area (Å²) in [5.74, 6) is 0.126. The van der Waals surface area contributed by atoms with Gasteiger partial charge in [-0.15, -0.1) is 11.3 Å². The van der Waals surface area contributed by atoms with E-state index in [0.717, 1.165) is 36.5 Å². The summed E-state index contributed by atoms with van der Waals surface area (Å²) in [4.78, 5) is 16.1. The number of hydrogen-bond donors (Lipinski definition) is 2. The predicted molar refractivity (Wildman–Crippen MR) is 78.4 cm³/mol. The number of amides is 1. The molecule has 5 heteroatoms. The van der Waals surface area contributed by atoms with Crippen LogP contribution in [0.5, 0.6) is 0 Å². The van der Waals surface area contributed by atoms with Crippen molar-refractivity contribution in [2.45, 2.75) is 51.5 Å². The maximum absolute atomic E-state index is 11.7. The highest BCUT2D eigenvalue weighted by Crippen LogP contribution is 2.17. The molecule has 1 aliphatic carbocycles. The molecular weight excluding hydrogens is 258 g/mol. The minimum absolute atomic E-state index is 0.126. The van der Waals surface area contributed by atoms with Crippen LogP contribution < -0.4 is 10.6 Å². The van der Waals surface area contributed by atoms with Crippen LogP contribution in [0.25, 0.3) is 0 Å². The standard InChI is InChI=1S/C14H23N3OS/c1-11-16-13(10-19-11)7-8-15-9-14(18)17-12-5-3-2-4-6-12/h10,12,15H,2-9H2,1H3,(H,17,18). The summed E-state index contributed by atoms with van der Waals surface area (Å²) in [6.45, 7) is 3.24. The molecular formula is C14H23N3OS. The normalized spacial score (nSPS) is 16.5. The van der Waals surface area contributed by atoms with Crippen molar-refractivity contribution in [1.29, 1.82) is 0 Å². The number of nitrogens with one attached hydrogen (secondary N) is 2. The Morgan fingerprint density at radius 3 is 2.89 bits per heavy atom. The zero-order valence-electron chi connectivity index (χ0n) is 11.6. The summed E-state index contributed by atoms with van der Waals surface area (Å²) < 4.78 is 0. The first-order valence-electron chi connectivity index (χ1n) is 7.15. The van der Waals surface area contributed by atoms with Crippen LogP contribution in [0.15, 0.2) is 5.38 Å². The van der Waals surface area contributed by atoms with Crippen LogP contribution in [0.3, 0.4) is 0 Å². The third kappa shape index (κ3) is 5.28. The van der Waals surface area contributed by atoms with Gasteiger partial charge in [-0.05, 0) is 19.8 Å². The maximum Gasteiger partial charge on any atom is 0.234 e. The Balaban J connectivity index is 1.56. The van der Waals surface area contributed by atoms with E-state index in [9.17, 15) is 4.79 Å². The lowest BCUT2D eigenvalue weighted by atomic mass is 9.95. The number of aryl methyl sites for hydroxylation is 1. The van der Waals surface area contributed by atoms with E-state index in [1.165, 1.54) is 19.3 Å². The molecule has 1 aromatic heterocycles. The molecule has 0 radical (unpaired) electrons. The lowest BCUT2D eigenvalue weighted by Crippen LogP contribution is -2.41. The Morgan fingerprint density at radius 1 is 1.42 bits per heavy atom.